The Balaban J connectivity index is 0.730. The highest BCUT2D eigenvalue weighted by Gasteiger charge is 2.34. The predicted molar refractivity (Wildman–Crippen MR) is 327 cm³/mol. The van der Waals surface area contributed by atoms with Gasteiger partial charge < -0.3 is 72.2 Å². The fourth-order valence-corrected chi connectivity index (χ4v) is 11.4. The largest absolute Gasteiger partial charge is 0.481 e. The summed E-state index contributed by atoms with van der Waals surface area (Å²) in [6.45, 7) is 4.75. The third kappa shape index (κ3) is 17.9. The summed E-state index contributed by atoms with van der Waals surface area (Å²) in [5.41, 5.74) is 7.40. The third-order valence-corrected chi connectivity index (χ3v) is 16.1. The molecule has 464 valence electrons. The Labute approximate surface area is 501 Å². The number of unbranched alkanes of at least 4 members (excludes halogenated alkanes) is 6. The van der Waals surface area contributed by atoms with Crippen molar-refractivity contribution in [1.82, 2.24) is 45.5 Å². The molecule has 4 heterocycles. The van der Waals surface area contributed by atoms with E-state index in [-0.39, 0.29) is 75.0 Å². The zero-order valence-corrected chi connectivity index (χ0v) is 49.4. The molecule has 0 unspecified atom stereocenters. The molecule has 1 aromatic heterocycles. The van der Waals surface area contributed by atoms with Crippen molar-refractivity contribution in [1.29, 1.82) is 0 Å². The first-order valence-electron chi connectivity index (χ1n) is 30.0. The van der Waals surface area contributed by atoms with E-state index < -0.39 is 48.7 Å². The lowest BCUT2D eigenvalue weighted by atomic mass is 10.1. The molecule has 13 N–H and O–H groups in total. The van der Waals surface area contributed by atoms with Gasteiger partial charge in [0.25, 0.3) is 11.8 Å². The number of carbonyl (C=O) groups excluding carboxylic acids is 4. The van der Waals surface area contributed by atoms with Crippen LogP contribution in [0.25, 0.3) is 11.0 Å². The first-order valence-corrected chi connectivity index (χ1v) is 30.0. The summed E-state index contributed by atoms with van der Waals surface area (Å²) in [6, 6.07) is 23.6. The second kappa shape index (κ2) is 31.0. The van der Waals surface area contributed by atoms with E-state index in [1.165, 1.54) is 0 Å². The van der Waals surface area contributed by atoms with Crippen molar-refractivity contribution in [3.8, 4) is 0 Å². The Morgan fingerprint density at radius 3 is 1.74 bits per heavy atom. The highest BCUT2D eigenvalue weighted by molar-refractivity contribution is 5.96. The van der Waals surface area contributed by atoms with Gasteiger partial charge in [-0.05, 0) is 117 Å². The number of carbonyl (C=O) groups is 6. The quantitative estimate of drug-likeness (QED) is 0.0203. The Morgan fingerprint density at radius 1 is 0.651 bits per heavy atom. The van der Waals surface area contributed by atoms with Crippen LogP contribution in [0.3, 0.4) is 0 Å². The molecule has 4 amide bonds. The Morgan fingerprint density at radius 2 is 1.19 bits per heavy atom. The third-order valence-electron chi connectivity index (χ3n) is 16.1. The lowest BCUT2D eigenvalue weighted by Crippen LogP contribution is -2.47. The van der Waals surface area contributed by atoms with Gasteiger partial charge in [-0.25, -0.2) is 4.98 Å². The number of carboxylic acids is 2. The normalized spacial score (nSPS) is 18.3. The number of likely N-dealkylation sites (N-methyl/N-ethyl adjacent to an activating group) is 1. The van der Waals surface area contributed by atoms with Crippen LogP contribution in [0, 0.1) is 0 Å². The van der Waals surface area contributed by atoms with Crippen LogP contribution in [0.15, 0.2) is 84.9 Å². The maximum Gasteiger partial charge on any atom is 0.305 e. The molecule has 4 aromatic carbocycles. The molecule has 0 fully saturated rings. The monoisotopic (exact) mass is 1190 g/mol. The number of aromatic amines is 1. The van der Waals surface area contributed by atoms with E-state index in [1.807, 2.05) is 64.4 Å². The summed E-state index contributed by atoms with van der Waals surface area (Å²) >= 11 is 0. The van der Waals surface area contributed by atoms with Crippen molar-refractivity contribution >= 4 is 69.4 Å². The zero-order valence-electron chi connectivity index (χ0n) is 49.4. The van der Waals surface area contributed by atoms with Gasteiger partial charge in [0.05, 0.1) is 60.4 Å². The highest BCUT2D eigenvalue weighted by atomic mass is 16.4. The topological polar surface area (TPSA) is 329 Å². The minimum absolute atomic E-state index is 0.159. The van der Waals surface area contributed by atoms with Gasteiger partial charge in [-0.1, -0.05) is 56.9 Å². The Hall–Kier alpha value is -7.87. The number of nitrogens with one attached hydrogen (secondary N) is 8. The molecule has 0 radical (unpaired) electrons. The molecule has 0 saturated carbocycles. The van der Waals surface area contributed by atoms with Crippen LogP contribution in [-0.2, 0) is 38.8 Å². The average molecular weight is 1190 g/mol. The summed E-state index contributed by atoms with van der Waals surface area (Å²) in [4.78, 5) is 91.7. The van der Waals surface area contributed by atoms with Gasteiger partial charge in [0.1, 0.15) is 36.7 Å². The number of anilines is 4. The molecule has 24 nitrogen and oxygen atoms in total. The van der Waals surface area contributed by atoms with E-state index in [9.17, 15) is 54.3 Å². The van der Waals surface area contributed by atoms with Crippen molar-refractivity contribution in [3.63, 3.8) is 0 Å². The summed E-state index contributed by atoms with van der Waals surface area (Å²) in [7, 11) is 3.45. The molecule has 0 saturated heterocycles. The SMILES string of the molecule is CCC(=O)N[C@@H](CC[C@H](O)NCCCCCCN1Cc2cc(C(=O)N(C)CC3Nc4ccccc4N3)ccc2N[C@@H](CC(=O)O)[C@@H]1O)C(=O)NCCCCCCN1Cc2cc(C(=O)N(C)Cc3nc4ccccc4[nH]3)ccc2N[C@@H](CC(=O)O)[C@@H]1O. The first-order chi connectivity index (χ1) is 41.4. The fourth-order valence-electron chi connectivity index (χ4n) is 11.4. The molecule has 86 heavy (non-hydrogen) atoms. The number of hydrogen-bond acceptors (Lipinski definition) is 17. The summed E-state index contributed by atoms with van der Waals surface area (Å²) in [5, 5.41) is 75.2. The molecule has 6 atom stereocenters. The maximum absolute atomic E-state index is 13.7. The summed E-state index contributed by atoms with van der Waals surface area (Å²) in [5.74, 6) is -2.48. The number of aliphatic hydroxyl groups excluding tert-OH is 3. The number of hydrogen-bond donors (Lipinski definition) is 13. The van der Waals surface area contributed by atoms with Crippen LogP contribution >= 0.6 is 0 Å². The van der Waals surface area contributed by atoms with E-state index in [0.29, 0.717) is 86.9 Å². The lowest BCUT2D eigenvalue weighted by Gasteiger charge is -2.30. The number of nitrogens with zero attached hydrogens (tertiary/aromatic N) is 5. The van der Waals surface area contributed by atoms with Crippen molar-refractivity contribution < 1.29 is 54.3 Å². The highest BCUT2D eigenvalue weighted by Crippen LogP contribution is 2.32. The standard InChI is InChI=1S/C62H85N13O11/c1-4-54(76)71-49(58(82)64-28-14-6-8-16-30-75-36-42-32-40(22-24-44(42)66-51(62(75)86)34-57(80)81)60(84)73(3)38-53-69-47-19-11-12-20-48(47)70-53)25-26-55(77)63-27-13-5-7-15-29-74-35-41-31-39(21-23-43(41)65-50(61(74)85)33-56(78)79)59(83)72(2)37-52-67-45-17-9-10-18-46(45)68-52/h9-12,17-24,31-32,49-52,55,61-63,65-68,77,85-86H,4-8,13-16,25-30,33-38H2,1-3H3,(H,64,82)(H,69,70)(H,71,76)(H,78,79)(H,80,81)/t49-,50-,51-,55-,61-,62-/m0/s1. The van der Waals surface area contributed by atoms with E-state index in [1.54, 1.807) is 61.2 Å². The molecule has 0 bridgehead atoms. The second-order valence-corrected chi connectivity index (χ2v) is 22.8. The number of aliphatic carboxylic acids is 2. The van der Waals surface area contributed by atoms with Crippen LogP contribution in [0.2, 0.25) is 0 Å². The number of carboxylic acid groups (broad SMARTS) is 2. The Bertz CT molecular complexity index is 3070. The number of fused-ring (bicyclic) bond motifs is 4. The first kappa shape index (κ1) is 64.1. The number of H-pyrrole nitrogens is 1. The second-order valence-electron chi connectivity index (χ2n) is 22.8. The van der Waals surface area contributed by atoms with Gasteiger partial charge in [0.15, 0.2) is 0 Å². The van der Waals surface area contributed by atoms with Crippen LogP contribution in [0.1, 0.15) is 128 Å². The molecule has 3 aliphatic heterocycles. The number of aliphatic hydroxyl groups is 3. The molecular formula is C62H85N13O11. The van der Waals surface area contributed by atoms with Crippen molar-refractivity contribution in [2.45, 2.75) is 153 Å². The van der Waals surface area contributed by atoms with Gasteiger partial charge in [-0.15, -0.1) is 0 Å². The molecule has 24 heteroatoms. The number of benzene rings is 4. The molecular weight excluding hydrogens is 1100 g/mol. The van der Waals surface area contributed by atoms with Gasteiger partial charge in [0.2, 0.25) is 11.8 Å². The number of para-hydroxylation sites is 4. The van der Waals surface area contributed by atoms with Gasteiger partial charge >= 0.3 is 11.9 Å². The zero-order chi connectivity index (χ0) is 61.3. The summed E-state index contributed by atoms with van der Waals surface area (Å²) in [6.07, 6.45) is 2.56. The number of imidazole rings is 1. The molecule has 0 spiro atoms. The van der Waals surface area contributed by atoms with Crippen LogP contribution in [0.4, 0.5) is 22.7 Å². The minimum Gasteiger partial charge on any atom is -0.481 e. The van der Waals surface area contributed by atoms with Crippen LogP contribution in [-0.4, -0.2) is 180 Å². The number of rotatable bonds is 31. The minimum atomic E-state index is -1.12. The van der Waals surface area contributed by atoms with Gasteiger partial charge in [-0.2, -0.15) is 0 Å². The van der Waals surface area contributed by atoms with Crippen LogP contribution < -0.4 is 37.2 Å². The average Bonchev–Trinajstić information content (AvgIpc) is 2.43. The van der Waals surface area contributed by atoms with Crippen molar-refractivity contribution in [2.24, 2.45) is 0 Å². The maximum atomic E-state index is 13.7. The van der Waals surface area contributed by atoms with Gasteiger partial charge in [-0.3, -0.25) is 43.9 Å². The molecule has 0 aliphatic carbocycles. The summed E-state index contributed by atoms with van der Waals surface area (Å²) < 4.78 is 0. The van der Waals surface area contributed by atoms with Crippen molar-refractivity contribution in [2.75, 3.05) is 68.1 Å². The fraction of sp³-hybridized carbons (Fsp3) is 0.500. The number of amides is 4. The van der Waals surface area contributed by atoms with Crippen LogP contribution in [0.5, 0.6) is 0 Å². The number of aromatic nitrogens is 2. The van der Waals surface area contributed by atoms with E-state index in [0.717, 1.165) is 65.6 Å². The Kier molecular flexibility index (Phi) is 23.1. The molecule has 3 aliphatic rings. The van der Waals surface area contributed by atoms with E-state index >= 15 is 0 Å². The smallest absolute Gasteiger partial charge is 0.305 e. The lowest BCUT2D eigenvalue weighted by molar-refractivity contribution is -0.139. The molecule has 5 aromatic rings. The van der Waals surface area contributed by atoms with E-state index in [4.69, 9.17) is 0 Å². The van der Waals surface area contributed by atoms with Crippen molar-refractivity contribution in [3.05, 3.63) is 113 Å². The predicted octanol–water partition coefficient (Wildman–Crippen LogP) is 5.07. The van der Waals surface area contributed by atoms with E-state index in [2.05, 4.69) is 47.2 Å². The van der Waals surface area contributed by atoms with Gasteiger partial charge in [0, 0.05) is 75.7 Å². The molecule has 8 rings (SSSR count).